The fourth-order valence-electron chi connectivity index (χ4n) is 6.96. The summed E-state index contributed by atoms with van der Waals surface area (Å²) in [4.78, 5) is 15.7. The van der Waals surface area contributed by atoms with Gasteiger partial charge in [-0.05, 0) is 52.2 Å². The van der Waals surface area contributed by atoms with Crippen molar-refractivity contribution in [3.05, 3.63) is 152 Å². The summed E-state index contributed by atoms with van der Waals surface area (Å²) in [6.45, 7) is 0. The Hall–Kier alpha value is -6.17. The second-order valence-corrected chi connectivity index (χ2v) is 13.1. The van der Waals surface area contributed by atoms with Gasteiger partial charge in [-0.15, -0.1) is 11.3 Å². The maximum absolute atomic E-state index is 6.27. The third kappa shape index (κ3) is 4.25. The van der Waals surface area contributed by atoms with Crippen LogP contribution in [0.25, 0.3) is 98.2 Å². The number of benzene rings is 7. The zero-order valence-corrected chi connectivity index (χ0v) is 26.4. The summed E-state index contributed by atoms with van der Waals surface area (Å²) in [6.07, 6.45) is 0. The Morgan fingerprint density at radius 1 is 0.396 bits per heavy atom. The lowest BCUT2D eigenvalue weighted by Crippen LogP contribution is -2.01. The van der Waals surface area contributed by atoms with Crippen molar-refractivity contribution >= 4 is 64.2 Å². The third-order valence-corrected chi connectivity index (χ3v) is 10.2. The molecule has 5 heteroatoms. The highest BCUT2D eigenvalue weighted by atomic mass is 32.1. The van der Waals surface area contributed by atoms with Gasteiger partial charge in [-0.2, -0.15) is 0 Å². The van der Waals surface area contributed by atoms with E-state index in [-0.39, 0.29) is 0 Å². The molecule has 0 unspecified atom stereocenters. The zero-order chi connectivity index (χ0) is 31.6. The van der Waals surface area contributed by atoms with E-state index in [2.05, 4.69) is 103 Å². The molecule has 10 rings (SSSR count). The van der Waals surface area contributed by atoms with Crippen molar-refractivity contribution in [2.45, 2.75) is 0 Å². The van der Waals surface area contributed by atoms with Gasteiger partial charge in [0.25, 0.3) is 0 Å². The first-order chi connectivity index (χ1) is 23.8. The summed E-state index contributed by atoms with van der Waals surface area (Å²) in [5, 5.41) is 6.81. The van der Waals surface area contributed by atoms with Crippen LogP contribution in [0, 0.1) is 0 Å². The van der Waals surface area contributed by atoms with Crippen molar-refractivity contribution < 1.29 is 4.42 Å². The van der Waals surface area contributed by atoms with Gasteiger partial charge in [-0.3, -0.25) is 0 Å². The van der Waals surface area contributed by atoms with Crippen molar-refractivity contribution in [3.8, 4) is 45.3 Å². The Bertz CT molecular complexity index is 2850. The Labute approximate surface area is 279 Å². The van der Waals surface area contributed by atoms with E-state index < -0.39 is 0 Å². The summed E-state index contributed by atoms with van der Waals surface area (Å²) in [6, 6.07) is 52.7. The lowest BCUT2D eigenvalue weighted by molar-refractivity contribution is 0.669. The maximum atomic E-state index is 6.27. The Balaban J connectivity index is 1.31. The normalized spacial score (nSPS) is 11.8. The molecule has 4 nitrogen and oxygen atoms in total. The molecule has 0 aliphatic rings. The van der Waals surface area contributed by atoms with Gasteiger partial charge in [0.05, 0.1) is 0 Å². The molecule has 0 atom stereocenters. The highest BCUT2D eigenvalue weighted by Gasteiger charge is 2.21. The molecule has 7 aromatic carbocycles. The third-order valence-electron chi connectivity index (χ3n) is 9.13. The predicted octanol–water partition coefficient (Wildman–Crippen LogP) is 12.0. The van der Waals surface area contributed by atoms with Crippen LogP contribution < -0.4 is 0 Å². The maximum Gasteiger partial charge on any atom is 0.164 e. The molecule has 0 fully saturated rings. The summed E-state index contributed by atoms with van der Waals surface area (Å²) < 4.78 is 8.70. The van der Waals surface area contributed by atoms with E-state index in [4.69, 9.17) is 19.4 Å². The second kappa shape index (κ2) is 10.7. The van der Waals surface area contributed by atoms with Crippen LogP contribution in [0.2, 0.25) is 0 Å². The Kier molecular flexibility index (Phi) is 6.01. The van der Waals surface area contributed by atoms with Gasteiger partial charge in [-0.1, -0.05) is 121 Å². The average molecular weight is 632 g/mol. The molecule has 0 N–H and O–H groups in total. The number of thiophene rings is 1. The quantitative estimate of drug-likeness (QED) is 0.194. The van der Waals surface area contributed by atoms with Crippen LogP contribution in [0.15, 0.2) is 156 Å². The Morgan fingerprint density at radius 2 is 1.04 bits per heavy atom. The van der Waals surface area contributed by atoms with Crippen molar-refractivity contribution in [2.75, 3.05) is 0 Å². The van der Waals surface area contributed by atoms with Crippen LogP contribution >= 0.6 is 11.3 Å². The highest BCUT2D eigenvalue weighted by molar-refractivity contribution is 7.26. The molecule has 0 aliphatic heterocycles. The summed E-state index contributed by atoms with van der Waals surface area (Å²) in [5.41, 5.74) is 6.79. The summed E-state index contributed by atoms with van der Waals surface area (Å²) >= 11 is 1.81. The monoisotopic (exact) mass is 631 g/mol. The number of para-hydroxylation sites is 1. The molecule has 0 radical (unpaired) electrons. The molecular weight excluding hydrogens is 607 g/mol. The smallest absolute Gasteiger partial charge is 0.164 e. The number of nitrogens with zero attached hydrogens (tertiary/aromatic N) is 3. The fraction of sp³-hybridized carbons (Fsp3) is 0. The molecular formula is C43H25N3OS. The predicted molar refractivity (Wildman–Crippen MR) is 199 cm³/mol. The minimum atomic E-state index is 0.610. The Morgan fingerprint density at radius 3 is 1.94 bits per heavy atom. The van der Waals surface area contributed by atoms with Gasteiger partial charge in [0, 0.05) is 47.6 Å². The first kappa shape index (κ1) is 27.0. The number of rotatable bonds is 4. The van der Waals surface area contributed by atoms with Crippen LogP contribution in [0.1, 0.15) is 0 Å². The average Bonchev–Trinajstić information content (AvgIpc) is 3.73. The lowest BCUT2D eigenvalue weighted by atomic mass is 9.94. The van der Waals surface area contributed by atoms with Crippen LogP contribution in [0.3, 0.4) is 0 Å². The van der Waals surface area contributed by atoms with E-state index in [1.807, 2.05) is 48.5 Å². The summed E-state index contributed by atoms with van der Waals surface area (Å²) in [7, 11) is 0. The minimum absolute atomic E-state index is 0.610. The molecule has 0 bridgehead atoms. The molecule has 10 aromatic rings. The van der Waals surface area contributed by atoms with Gasteiger partial charge >= 0.3 is 0 Å². The molecule has 0 amide bonds. The number of aromatic nitrogens is 3. The van der Waals surface area contributed by atoms with Crippen LogP contribution in [-0.2, 0) is 0 Å². The van der Waals surface area contributed by atoms with E-state index in [1.54, 1.807) is 11.3 Å². The lowest BCUT2D eigenvalue weighted by Gasteiger charge is -2.13. The van der Waals surface area contributed by atoms with E-state index in [0.717, 1.165) is 49.6 Å². The fourth-order valence-corrected chi connectivity index (χ4v) is 8.13. The first-order valence-electron chi connectivity index (χ1n) is 15.9. The van der Waals surface area contributed by atoms with Gasteiger partial charge in [-0.25, -0.2) is 15.0 Å². The van der Waals surface area contributed by atoms with Crippen molar-refractivity contribution in [3.63, 3.8) is 0 Å². The van der Waals surface area contributed by atoms with Gasteiger partial charge in [0.1, 0.15) is 11.2 Å². The van der Waals surface area contributed by atoms with E-state index >= 15 is 0 Å². The molecule has 0 saturated heterocycles. The van der Waals surface area contributed by atoms with Gasteiger partial charge in [0.15, 0.2) is 17.5 Å². The summed E-state index contributed by atoms with van der Waals surface area (Å²) in [5.74, 6) is 1.88. The molecule has 3 heterocycles. The van der Waals surface area contributed by atoms with E-state index in [0.29, 0.717) is 17.5 Å². The molecule has 48 heavy (non-hydrogen) atoms. The van der Waals surface area contributed by atoms with E-state index in [9.17, 15) is 0 Å². The van der Waals surface area contributed by atoms with Crippen molar-refractivity contribution in [1.29, 1.82) is 0 Å². The highest BCUT2D eigenvalue weighted by Crippen LogP contribution is 2.44. The second-order valence-electron chi connectivity index (χ2n) is 12.0. The SMILES string of the molecule is c1ccc(-c2nc(-c3cccc4oc5ccccc5c34)nc(-c3cc(-c4cccc5ccccc45)cc4sc5ccccc5c34)n2)cc1. The molecule has 0 spiro atoms. The number of furan rings is 1. The van der Waals surface area contributed by atoms with Crippen LogP contribution in [-0.4, -0.2) is 15.0 Å². The minimum Gasteiger partial charge on any atom is -0.456 e. The first-order valence-corrected chi connectivity index (χ1v) is 16.8. The number of hydrogen-bond donors (Lipinski definition) is 0. The van der Waals surface area contributed by atoms with Gasteiger partial charge < -0.3 is 4.42 Å². The van der Waals surface area contributed by atoms with Crippen molar-refractivity contribution in [1.82, 2.24) is 15.0 Å². The standard InChI is InChI=1S/C43H25N3OS/c1-2-13-27(14-3-1)41-44-42(33-20-11-22-36-39(33)31-17-6-8-21-35(31)47-36)46-43(45-41)34-24-28(30-19-10-15-26-12-4-5-16-29(26)30)25-38-40(34)32-18-7-9-23-37(32)48-38/h1-25H. The van der Waals surface area contributed by atoms with Crippen molar-refractivity contribution in [2.24, 2.45) is 0 Å². The number of fused-ring (bicyclic) bond motifs is 7. The van der Waals surface area contributed by atoms with Gasteiger partial charge in [0.2, 0.25) is 0 Å². The molecule has 3 aromatic heterocycles. The van der Waals surface area contributed by atoms with E-state index in [1.165, 1.54) is 31.1 Å². The molecule has 0 saturated carbocycles. The van der Waals surface area contributed by atoms with Crippen LogP contribution in [0.4, 0.5) is 0 Å². The number of hydrogen-bond acceptors (Lipinski definition) is 5. The molecule has 0 aliphatic carbocycles. The largest absolute Gasteiger partial charge is 0.456 e. The zero-order valence-electron chi connectivity index (χ0n) is 25.6. The molecule has 224 valence electrons. The topological polar surface area (TPSA) is 51.8 Å². The van der Waals surface area contributed by atoms with Crippen LogP contribution in [0.5, 0.6) is 0 Å².